The summed E-state index contributed by atoms with van der Waals surface area (Å²) in [5, 5.41) is 5.64. The van der Waals surface area contributed by atoms with Crippen molar-refractivity contribution in [2.75, 3.05) is 10.6 Å². The van der Waals surface area contributed by atoms with Crippen LogP contribution in [0.15, 0.2) is 60.4 Å². The van der Waals surface area contributed by atoms with Gasteiger partial charge in [0.2, 0.25) is 5.91 Å². The highest BCUT2D eigenvalue weighted by atomic mass is 16.2. The molecule has 2 amide bonds. The van der Waals surface area contributed by atoms with E-state index in [2.05, 4.69) is 15.6 Å². The molecule has 1 fully saturated rings. The summed E-state index contributed by atoms with van der Waals surface area (Å²) in [4.78, 5) is 27.9. The number of carbonyl (C=O) groups excluding carboxylic acids is 2. The molecule has 2 N–H and O–H groups in total. The number of aromatic nitrogens is 1. The minimum Gasteiger partial charge on any atom is -0.323 e. The zero-order valence-corrected chi connectivity index (χ0v) is 13.3. The Morgan fingerprint density at radius 1 is 0.958 bits per heavy atom. The van der Waals surface area contributed by atoms with Crippen molar-refractivity contribution in [1.29, 1.82) is 0 Å². The molecule has 0 saturated heterocycles. The van der Waals surface area contributed by atoms with Crippen LogP contribution in [0.3, 0.4) is 0 Å². The minimum absolute atomic E-state index is 0.0981. The van der Waals surface area contributed by atoms with Crippen molar-refractivity contribution in [1.82, 2.24) is 4.98 Å². The summed E-state index contributed by atoms with van der Waals surface area (Å²) in [5.41, 5.74) is 3.08. The van der Waals surface area contributed by atoms with Crippen molar-refractivity contribution in [3.8, 4) is 0 Å². The van der Waals surface area contributed by atoms with Gasteiger partial charge in [-0.1, -0.05) is 5.57 Å². The highest BCUT2D eigenvalue weighted by Crippen LogP contribution is 2.23. The van der Waals surface area contributed by atoms with Gasteiger partial charge in [-0.05, 0) is 62.1 Å². The fourth-order valence-corrected chi connectivity index (χ4v) is 2.67. The molecule has 0 aliphatic heterocycles. The smallest absolute Gasteiger partial charge is 0.257 e. The molecule has 0 atom stereocenters. The van der Waals surface area contributed by atoms with E-state index in [0.717, 1.165) is 12.8 Å². The average Bonchev–Trinajstić information content (AvgIpc) is 3.10. The Labute approximate surface area is 140 Å². The lowest BCUT2D eigenvalue weighted by atomic mass is 10.2. The van der Waals surface area contributed by atoms with Crippen LogP contribution in [0.5, 0.6) is 0 Å². The fraction of sp³-hybridized carbons (Fsp3) is 0.211. The number of hydrogen-bond donors (Lipinski definition) is 2. The van der Waals surface area contributed by atoms with E-state index in [4.69, 9.17) is 0 Å². The molecule has 1 aliphatic rings. The average molecular weight is 321 g/mol. The molecule has 1 saturated carbocycles. The van der Waals surface area contributed by atoms with Crippen LogP contribution in [-0.2, 0) is 4.79 Å². The fourth-order valence-electron chi connectivity index (χ4n) is 2.67. The summed E-state index contributed by atoms with van der Waals surface area (Å²) in [6.45, 7) is 0. The number of pyridine rings is 1. The molecule has 1 aromatic heterocycles. The zero-order chi connectivity index (χ0) is 16.8. The van der Waals surface area contributed by atoms with E-state index in [1.54, 1.807) is 48.7 Å². The van der Waals surface area contributed by atoms with Crippen molar-refractivity contribution in [3.63, 3.8) is 0 Å². The van der Waals surface area contributed by atoms with Crippen LogP contribution in [0, 0.1) is 0 Å². The molecule has 1 heterocycles. The van der Waals surface area contributed by atoms with Gasteiger partial charge in [-0.2, -0.15) is 0 Å². The largest absolute Gasteiger partial charge is 0.323 e. The van der Waals surface area contributed by atoms with Crippen molar-refractivity contribution in [2.45, 2.75) is 25.7 Å². The lowest BCUT2D eigenvalue weighted by molar-refractivity contribution is -0.112. The number of hydrogen-bond acceptors (Lipinski definition) is 3. The Kier molecular flexibility index (Phi) is 5.01. The van der Waals surface area contributed by atoms with E-state index in [1.165, 1.54) is 24.6 Å². The summed E-state index contributed by atoms with van der Waals surface area (Å²) in [7, 11) is 0. The SMILES string of the molecule is O=C(C=C1CCCC1)Nc1ccc(NC(=O)c2cccnc2)cc1. The molecule has 2 aromatic rings. The van der Waals surface area contributed by atoms with Crippen LogP contribution in [0.25, 0.3) is 0 Å². The van der Waals surface area contributed by atoms with Crippen LogP contribution in [0.1, 0.15) is 36.0 Å². The molecular formula is C19H19N3O2. The molecule has 0 bridgehead atoms. The summed E-state index contributed by atoms with van der Waals surface area (Å²) in [5.74, 6) is -0.315. The normalized spacial score (nSPS) is 13.4. The van der Waals surface area contributed by atoms with Gasteiger partial charge in [0.1, 0.15) is 0 Å². The number of allylic oxidation sites excluding steroid dienone is 1. The quantitative estimate of drug-likeness (QED) is 0.842. The van der Waals surface area contributed by atoms with E-state index in [9.17, 15) is 9.59 Å². The molecule has 1 aromatic carbocycles. The molecule has 122 valence electrons. The molecule has 24 heavy (non-hydrogen) atoms. The second-order valence-corrected chi connectivity index (χ2v) is 5.77. The van der Waals surface area contributed by atoms with Gasteiger partial charge in [-0.15, -0.1) is 0 Å². The predicted octanol–water partition coefficient (Wildman–Crippen LogP) is 3.77. The van der Waals surface area contributed by atoms with Crippen molar-refractivity contribution in [3.05, 3.63) is 66.0 Å². The van der Waals surface area contributed by atoms with E-state index in [1.807, 2.05) is 0 Å². The summed E-state index contributed by atoms with van der Waals surface area (Å²) >= 11 is 0. The number of anilines is 2. The van der Waals surface area contributed by atoms with Crippen molar-refractivity contribution in [2.24, 2.45) is 0 Å². The molecular weight excluding hydrogens is 302 g/mol. The molecule has 0 unspecified atom stereocenters. The van der Waals surface area contributed by atoms with Crippen molar-refractivity contribution < 1.29 is 9.59 Å². The third kappa shape index (κ3) is 4.29. The Morgan fingerprint density at radius 2 is 1.62 bits per heavy atom. The maximum atomic E-state index is 12.0. The molecule has 1 aliphatic carbocycles. The van der Waals surface area contributed by atoms with E-state index in [0.29, 0.717) is 16.9 Å². The molecule has 0 spiro atoms. The number of carbonyl (C=O) groups is 2. The number of amides is 2. The number of rotatable bonds is 4. The molecule has 3 rings (SSSR count). The second kappa shape index (κ2) is 7.55. The standard InChI is InChI=1S/C19H19N3O2/c23-18(12-14-4-1-2-5-14)21-16-7-9-17(10-8-16)22-19(24)15-6-3-11-20-13-15/h3,6-13H,1-2,4-5H2,(H,21,23)(H,22,24). The monoisotopic (exact) mass is 321 g/mol. The van der Waals surface area contributed by atoms with Gasteiger partial charge < -0.3 is 10.6 Å². The van der Waals surface area contributed by atoms with E-state index >= 15 is 0 Å². The number of benzene rings is 1. The van der Waals surface area contributed by atoms with Crippen molar-refractivity contribution >= 4 is 23.2 Å². The predicted molar refractivity (Wildman–Crippen MR) is 93.8 cm³/mol. The van der Waals surface area contributed by atoms with Gasteiger partial charge in [0.15, 0.2) is 0 Å². The maximum Gasteiger partial charge on any atom is 0.257 e. The van der Waals surface area contributed by atoms with Gasteiger partial charge in [-0.3, -0.25) is 14.6 Å². The van der Waals surface area contributed by atoms with Gasteiger partial charge in [0.05, 0.1) is 5.56 Å². The highest BCUT2D eigenvalue weighted by Gasteiger charge is 2.09. The Morgan fingerprint density at radius 3 is 2.25 bits per heavy atom. The molecule has 5 nitrogen and oxygen atoms in total. The second-order valence-electron chi connectivity index (χ2n) is 5.77. The van der Waals surface area contributed by atoms with Crippen LogP contribution in [-0.4, -0.2) is 16.8 Å². The number of nitrogens with zero attached hydrogens (tertiary/aromatic N) is 1. The third-order valence-electron chi connectivity index (χ3n) is 3.92. The number of nitrogens with one attached hydrogen (secondary N) is 2. The van der Waals surface area contributed by atoms with Crippen LogP contribution in [0.4, 0.5) is 11.4 Å². The Hall–Kier alpha value is -2.95. The lowest BCUT2D eigenvalue weighted by Gasteiger charge is -2.07. The summed E-state index contributed by atoms with van der Waals surface area (Å²) in [6.07, 6.45) is 9.22. The van der Waals surface area contributed by atoms with E-state index < -0.39 is 0 Å². The maximum absolute atomic E-state index is 12.0. The topological polar surface area (TPSA) is 71.1 Å². The zero-order valence-electron chi connectivity index (χ0n) is 13.3. The van der Waals surface area contributed by atoms with Crippen LogP contribution >= 0.6 is 0 Å². The minimum atomic E-state index is -0.217. The Balaban J connectivity index is 1.58. The first kappa shape index (κ1) is 15.9. The van der Waals surface area contributed by atoms with Crippen LogP contribution in [0.2, 0.25) is 0 Å². The first-order valence-electron chi connectivity index (χ1n) is 8.02. The molecule has 5 heteroatoms. The van der Waals surface area contributed by atoms with Gasteiger partial charge in [0.25, 0.3) is 5.91 Å². The lowest BCUT2D eigenvalue weighted by Crippen LogP contribution is -2.12. The summed E-state index contributed by atoms with van der Waals surface area (Å²) in [6, 6.07) is 10.5. The Bertz CT molecular complexity index is 744. The highest BCUT2D eigenvalue weighted by molar-refractivity contribution is 6.04. The third-order valence-corrected chi connectivity index (χ3v) is 3.92. The van der Waals surface area contributed by atoms with Gasteiger partial charge in [0, 0.05) is 29.8 Å². The van der Waals surface area contributed by atoms with Crippen LogP contribution < -0.4 is 10.6 Å². The summed E-state index contributed by atoms with van der Waals surface area (Å²) < 4.78 is 0. The van der Waals surface area contributed by atoms with E-state index in [-0.39, 0.29) is 11.8 Å². The van der Waals surface area contributed by atoms with Gasteiger partial charge >= 0.3 is 0 Å². The first-order valence-corrected chi connectivity index (χ1v) is 8.02. The van der Waals surface area contributed by atoms with Gasteiger partial charge in [-0.25, -0.2) is 0 Å². The molecule has 0 radical (unpaired) electrons. The first-order chi connectivity index (χ1) is 11.7.